The normalized spacial score (nSPS) is 9.69. The molecule has 0 unspecified atom stereocenters. The van der Waals surface area contributed by atoms with E-state index in [4.69, 9.17) is 5.73 Å². The quantitative estimate of drug-likeness (QED) is 0.604. The first-order chi connectivity index (χ1) is 7.52. The van der Waals surface area contributed by atoms with Crippen LogP contribution >= 0.6 is 0 Å². The number of nitrogens with one attached hydrogen (secondary N) is 1. The van der Waals surface area contributed by atoms with E-state index in [0.717, 1.165) is 5.56 Å². The maximum Gasteiger partial charge on any atom is 0.253 e. The fraction of sp³-hybridized carbons (Fsp3) is 0.308. The lowest BCUT2D eigenvalue weighted by Crippen LogP contribution is -2.25. The number of nitrogens with two attached hydrogens (primary N) is 1. The highest BCUT2D eigenvalue weighted by Crippen LogP contribution is 2.15. The second-order valence-electron chi connectivity index (χ2n) is 4.03. The number of anilines is 1. The summed E-state index contributed by atoms with van der Waals surface area (Å²) in [4.78, 5) is 11.8. The molecule has 0 spiro atoms. The van der Waals surface area contributed by atoms with Gasteiger partial charge in [0.2, 0.25) is 0 Å². The summed E-state index contributed by atoms with van der Waals surface area (Å²) in [6.07, 6.45) is 1.96. The molecule has 1 rings (SSSR count). The van der Waals surface area contributed by atoms with Crippen molar-refractivity contribution in [1.29, 1.82) is 0 Å². The first-order valence-electron chi connectivity index (χ1n) is 5.29. The molecule has 1 aromatic carbocycles. The molecule has 0 radical (unpaired) electrons. The summed E-state index contributed by atoms with van der Waals surface area (Å²) in [5, 5.41) is 2.82. The molecule has 0 fully saturated rings. The molecule has 0 atom stereocenters. The van der Waals surface area contributed by atoms with Crippen LogP contribution in [0.1, 0.15) is 29.8 Å². The van der Waals surface area contributed by atoms with Crippen LogP contribution in [-0.4, -0.2) is 12.5 Å². The van der Waals surface area contributed by atoms with Gasteiger partial charge in [0.05, 0.1) is 5.56 Å². The number of benzene rings is 1. The molecule has 3 heteroatoms. The molecule has 86 valence electrons. The van der Waals surface area contributed by atoms with Gasteiger partial charge in [-0.3, -0.25) is 4.79 Å². The van der Waals surface area contributed by atoms with E-state index in [1.165, 1.54) is 5.57 Å². The van der Waals surface area contributed by atoms with Crippen LogP contribution in [0.4, 0.5) is 5.69 Å². The van der Waals surface area contributed by atoms with Crippen molar-refractivity contribution >= 4 is 11.6 Å². The molecule has 16 heavy (non-hydrogen) atoms. The second kappa shape index (κ2) is 5.35. The highest BCUT2D eigenvalue weighted by molar-refractivity contribution is 6.00. The van der Waals surface area contributed by atoms with Crippen LogP contribution in [0.15, 0.2) is 29.8 Å². The Hall–Kier alpha value is -1.77. The van der Waals surface area contributed by atoms with Gasteiger partial charge in [-0.1, -0.05) is 23.8 Å². The van der Waals surface area contributed by atoms with Gasteiger partial charge in [-0.15, -0.1) is 0 Å². The lowest BCUT2D eigenvalue weighted by Gasteiger charge is -2.08. The number of hydrogen-bond donors (Lipinski definition) is 2. The third-order valence-electron chi connectivity index (χ3n) is 2.31. The van der Waals surface area contributed by atoms with E-state index in [2.05, 4.69) is 5.32 Å². The minimum atomic E-state index is -0.117. The molecule has 0 aliphatic rings. The smallest absolute Gasteiger partial charge is 0.253 e. The number of carbonyl (C=O) groups is 1. The van der Waals surface area contributed by atoms with Gasteiger partial charge in [0.15, 0.2) is 0 Å². The molecule has 1 aromatic rings. The Kier molecular flexibility index (Phi) is 4.11. The summed E-state index contributed by atoms with van der Waals surface area (Å²) < 4.78 is 0. The van der Waals surface area contributed by atoms with Gasteiger partial charge in [0.25, 0.3) is 5.91 Å². The van der Waals surface area contributed by atoms with Crippen molar-refractivity contribution in [2.75, 3.05) is 12.3 Å². The number of rotatable bonds is 3. The fourth-order valence-electron chi connectivity index (χ4n) is 1.44. The highest BCUT2D eigenvalue weighted by Gasteiger charge is 2.10. The van der Waals surface area contributed by atoms with Crippen LogP contribution in [0, 0.1) is 6.92 Å². The molecule has 1 amide bonds. The number of aryl methyl sites for hydroxylation is 1. The molecular formula is C13H18N2O. The zero-order valence-corrected chi connectivity index (χ0v) is 10.0. The van der Waals surface area contributed by atoms with Crippen molar-refractivity contribution in [3.05, 3.63) is 41.0 Å². The molecule has 0 aliphatic heterocycles. The predicted molar refractivity (Wildman–Crippen MR) is 67.4 cm³/mol. The number of allylic oxidation sites excluding steroid dienone is 1. The molecule has 0 bridgehead atoms. The average Bonchev–Trinajstić information content (AvgIpc) is 2.16. The Morgan fingerprint density at radius 1 is 1.44 bits per heavy atom. The lowest BCUT2D eigenvalue weighted by molar-refractivity contribution is 0.0958. The fourth-order valence-corrected chi connectivity index (χ4v) is 1.44. The maximum absolute atomic E-state index is 11.8. The molecule has 0 heterocycles. The zero-order valence-electron chi connectivity index (χ0n) is 10.0. The monoisotopic (exact) mass is 218 g/mol. The summed E-state index contributed by atoms with van der Waals surface area (Å²) in [5.74, 6) is -0.117. The summed E-state index contributed by atoms with van der Waals surface area (Å²) in [6, 6.07) is 5.46. The van der Waals surface area contributed by atoms with Gasteiger partial charge >= 0.3 is 0 Å². The van der Waals surface area contributed by atoms with E-state index in [1.54, 1.807) is 6.07 Å². The first-order valence-corrected chi connectivity index (χ1v) is 5.29. The van der Waals surface area contributed by atoms with E-state index in [0.29, 0.717) is 17.8 Å². The van der Waals surface area contributed by atoms with Crippen molar-refractivity contribution < 1.29 is 4.79 Å². The van der Waals surface area contributed by atoms with Gasteiger partial charge in [0.1, 0.15) is 0 Å². The van der Waals surface area contributed by atoms with E-state index < -0.39 is 0 Å². The van der Waals surface area contributed by atoms with Gasteiger partial charge in [0, 0.05) is 12.2 Å². The number of nitrogen functional groups attached to an aromatic ring is 1. The standard InChI is InChI=1S/C13H18N2O/c1-9(2)7-8-15-13(16)12-10(3)5-4-6-11(12)14/h4-7H,8,14H2,1-3H3,(H,15,16). The van der Waals surface area contributed by atoms with Crippen LogP contribution in [0.2, 0.25) is 0 Å². The minimum absolute atomic E-state index is 0.117. The van der Waals surface area contributed by atoms with Crippen molar-refractivity contribution in [2.24, 2.45) is 0 Å². The van der Waals surface area contributed by atoms with E-state index in [9.17, 15) is 4.79 Å². The largest absolute Gasteiger partial charge is 0.398 e. The third kappa shape index (κ3) is 3.12. The molecule has 0 saturated heterocycles. The van der Waals surface area contributed by atoms with Gasteiger partial charge < -0.3 is 11.1 Å². The number of carbonyl (C=O) groups excluding carboxylic acids is 1. The van der Waals surface area contributed by atoms with Gasteiger partial charge in [-0.2, -0.15) is 0 Å². The molecule has 3 N–H and O–H groups in total. The number of amides is 1. The predicted octanol–water partition coefficient (Wildman–Crippen LogP) is 2.27. The summed E-state index contributed by atoms with van der Waals surface area (Å²) in [7, 11) is 0. The van der Waals surface area contributed by atoms with Crippen LogP contribution in [0.5, 0.6) is 0 Å². The van der Waals surface area contributed by atoms with Crippen molar-refractivity contribution in [2.45, 2.75) is 20.8 Å². The topological polar surface area (TPSA) is 55.1 Å². The molecule has 3 nitrogen and oxygen atoms in total. The van der Waals surface area contributed by atoms with Crippen LogP contribution < -0.4 is 11.1 Å². The lowest BCUT2D eigenvalue weighted by atomic mass is 10.1. The van der Waals surface area contributed by atoms with Crippen LogP contribution in [-0.2, 0) is 0 Å². The van der Waals surface area contributed by atoms with Crippen molar-refractivity contribution in [3.8, 4) is 0 Å². The Balaban J connectivity index is 2.77. The number of hydrogen-bond acceptors (Lipinski definition) is 2. The SMILES string of the molecule is CC(C)=CCNC(=O)c1c(C)cccc1N. The van der Waals surface area contributed by atoms with Gasteiger partial charge in [-0.05, 0) is 32.4 Å². The Morgan fingerprint density at radius 3 is 2.69 bits per heavy atom. The molecule has 0 aliphatic carbocycles. The third-order valence-corrected chi connectivity index (χ3v) is 2.31. The zero-order chi connectivity index (χ0) is 12.1. The van der Waals surface area contributed by atoms with Crippen LogP contribution in [0.3, 0.4) is 0 Å². The summed E-state index contributed by atoms with van der Waals surface area (Å²) in [5.41, 5.74) is 8.95. The Labute approximate surface area is 96.3 Å². The first kappa shape index (κ1) is 12.3. The Bertz CT molecular complexity index is 398. The second-order valence-corrected chi connectivity index (χ2v) is 4.03. The molecular weight excluding hydrogens is 200 g/mol. The van der Waals surface area contributed by atoms with Crippen LogP contribution in [0.25, 0.3) is 0 Å². The van der Waals surface area contributed by atoms with E-state index in [-0.39, 0.29) is 5.91 Å². The maximum atomic E-state index is 11.8. The van der Waals surface area contributed by atoms with Crippen molar-refractivity contribution in [3.63, 3.8) is 0 Å². The summed E-state index contributed by atoms with van der Waals surface area (Å²) in [6.45, 7) is 6.41. The summed E-state index contributed by atoms with van der Waals surface area (Å²) >= 11 is 0. The average molecular weight is 218 g/mol. The van der Waals surface area contributed by atoms with E-state index in [1.807, 2.05) is 39.0 Å². The molecule has 0 saturated carbocycles. The molecule has 0 aromatic heterocycles. The highest BCUT2D eigenvalue weighted by atomic mass is 16.1. The minimum Gasteiger partial charge on any atom is -0.398 e. The van der Waals surface area contributed by atoms with Gasteiger partial charge in [-0.25, -0.2) is 0 Å². The van der Waals surface area contributed by atoms with E-state index >= 15 is 0 Å². The van der Waals surface area contributed by atoms with Crippen molar-refractivity contribution in [1.82, 2.24) is 5.32 Å². The Morgan fingerprint density at radius 2 is 2.12 bits per heavy atom.